The molecule has 1 unspecified atom stereocenters. The van der Waals surface area contributed by atoms with Crippen molar-refractivity contribution in [3.8, 4) is 0 Å². The summed E-state index contributed by atoms with van der Waals surface area (Å²) in [5.74, 6) is 0.617. The molecule has 0 fully saturated rings. The van der Waals surface area contributed by atoms with Crippen LogP contribution in [0.4, 0.5) is 0 Å². The third kappa shape index (κ3) is 18.3. The van der Waals surface area contributed by atoms with E-state index >= 15 is 0 Å². The predicted octanol–water partition coefficient (Wildman–Crippen LogP) is 8.23. The number of ether oxygens (including phenoxy) is 1. The average molecular weight is 369 g/mol. The molecule has 0 aromatic carbocycles. The van der Waals surface area contributed by atoms with Gasteiger partial charge < -0.3 is 4.74 Å². The molecule has 0 amide bonds. The van der Waals surface area contributed by atoms with Crippen molar-refractivity contribution in [2.75, 3.05) is 6.61 Å². The molecule has 1 atom stereocenters. The zero-order valence-corrected chi connectivity index (χ0v) is 18.3. The number of unbranched alkanes of at least 4 members (excludes halogenated alkanes) is 12. The van der Waals surface area contributed by atoms with Gasteiger partial charge in [0.15, 0.2) is 0 Å². The lowest BCUT2D eigenvalue weighted by molar-refractivity contribution is -0.145. The van der Waals surface area contributed by atoms with Crippen molar-refractivity contribution in [3.63, 3.8) is 0 Å². The van der Waals surface area contributed by atoms with E-state index in [0.29, 0.717) is 18.9 Å². The SMILES string of the molecule is CCCCCCCCCC(=O)OCC(CCCCC)CCCCCCC. The summed E-state index contributed by atoms with van der Waals surface area (Å²) in [5, 5.41) is 0. The van der Waals surface area contributed by atoms with Crippen LogP contribution in [0.5, 0.6) is 0 Å². The third-order valence-corrected chi connectivity index (χ3v) is 5.40. The van der Waals surface area contributed by atoms with E-state index in [9.17, 15) is 4.79 Å². The number of esters is 1. The minimum absolute atomic E-state index is 0.0324. The minimum atomic E-state index is 0.0324. The molecule has 0 heterocycles. The topological polar surface area (TPSA) is 26.3 Å². The molecular formula is C24H48O2. The average Bonchev–Trinajstić information content (AvgIpc) is 2.64. The Morgan fingerprint density at radius 2 is 1.04 bits per heavy atom. The van der Waals surface area contributed by atoms with Crippen molar-refractivity contribution in [3.05, 3.63) is 0 Å². The van der Waals surface area contributed by atoms with Crippen LogP contribution in [0.2, 0.25) is 0 Å². The van der Waals surface area contributed by atoms with Gasteiger partial charge in [-0.15, -0.1) is 0 Å². The summed E-state index contributed by atoms with van der Waals surface area (Å²) in [6, 6.07) is 0. The lowest BCUT2D eigenvalue weighted by Gasteiger charge is -2.17. The fraction of sp³-hybridized carbons (Fsp3) is 0.958. The maximum atomic E-state index is 12.0. The zero-order chi connectivity index (χ0) is 19.3. The molecule has 2 nitrogen and oxygen atoms in total. The van der Waals surface area contributed by atoms with Gasteiger partial charge >= 0.3 is 5.97 Å². The molecule has 0 aromatic heterocycles. The molecule has 0 aliphatic carbocycles. The first-order chi connectivity index (χ1) is 12.7. The maximum Gasteiger partial charge on any atom is 0.305 e. The van der Waals surface area contributed by atoms with Crippen LogP contribution in [-0.4, -0.2) is 12.6 Å². The quantitative estimate of drug-likeness (QED) is 0.160. The molecule has 26 heavy (non-hydrogen) atoms. The van der Waals surface area contributed by atoms with Crippen molar-refractivity contribution in [1.29, 1.82) is 0 Å². The molecular weight excluding hydrogens is 320 g/mol. The summed E-state index contributed by atoms with van der Waals surface area (Å²) >= 11 is 0. The zero-order valence-electron chi connectivity index (χ0n) is 18.3. The maximum absolute atomic E-state index is 12.0. The highest BCUT2D eigenvalue weighted by molar-refractivity contribution is 5.69. The lowest BCUT2D eigenvalue weighted by Crippen LogP contribution is -2.14. The molecule has 0 aromatic rings. The van der Waals surface area contributed by atoms with E-state index in [0.717, 1.165) is 6.42 Å². The van der Waals surface area contributed by atoms with Gasteiger partial charge in [-0.25, -0.2) is 0 Å². The number of carbonyl (C=O) groups excluding carboxylic acids is 1. The Hall–Kier alpha value is -0.530. The fourth-order valence-electron chi connectivity index (χ4n) is 3.54. The summed E-state index contributed by atoms with van der Waals surface area (Å²) in [6.07, 6.45) is 22.3. The second-order valence-corrected chi connectivity index (χ2v) is 8.12. The van der Waals surface area contributed by atoms with Gasteiger partial charge in [0.05, 0.1) is 6.61 Å². The van der Waals surface area contributed by atoms with Crippen LogP contribution in [0.25, 0.3) is 0 Å². The fourth-order valence-corrected chi connectivity index (χ4v) is 3.54. The molecule has 0 N–H and O–H groups in total. The third-order valence-electron chi connectivity index (χ3n) is 5.40. The smallest absolute Gasteiger partial charge is 0.305 e. The van der Waals surface area contributed by atoms with Gasteiger partial charge in [0.2, 0.25) is 0 Å². The summed E-state index contributed by atoms with van der Waals surface area (Å²) in [5.41, 5.74) is 0. The number of hydrogen-bond acceptors (Lipinski definition) is 2. The molecule has 2 heteroatoms. The molecule has 0 aliphatic rings. The van der Waals surface area contributed by atoms with Crippen molar-refractivity contribution >= 4 is 5.97 Å². The van der Waals surface area contributed by atoms with Crippen LogP contribution in [0, 0.1) is 5.92 Å². The largest absolute Gasteiger partial charge is 0.465 e. The Labute approximate surface area is 164 Å². The standard InChI is InChI=1S/C24H48O2/c1-4-7-10-12-13-15-18-21-24(25)26-22-23(19-16-9-6-3)20-17-14-11-8-5-2/h23H,4-22H2,1-3H3. The number of hydrogen-bond donors (Lipinski definition) is 0. The van der Waals surface area contributed by atoms with E-state index in [1.54, 1.807) is 0 Å². The Kier molecular flexibility index (Phi) is 20.4. The molecule has 156 valence electrons. The van der Waals surface area contributed by atoms with Crippen LogP contribution >= 0.6 is 0 Å². The van der Waals surface area contributed by atoms with Crippen molar-refractivity contribution in [2.45, 2.75) is 136 Å². The highest BCUT2D eigenvalue weighted by Crippen LogP contribution is 2.19. The summed E-state index contributed by atoms with van der Waals surface area (Å²) < 4.78 is 5.62. The second kappa shape index (κ2) is 20.8. The molecule has 0 radical (unpaired) electrons. The van der Waals surface area contributed by atoms with Gasteiger partial charge in [-0.3, -0.25) is 4.79 Å². The van der Waals surface area contributed by atoms with E-state index in [4.69, 9.17) is 4.74 Å². The van der Waals surface area contributed by atoms with Gasteiger partial charge in [-0.05, 0) is 25.2 Å². The van der Waals surface area contributed by atoms with Gasteiger partial charge in [0.1, 0.15) is 0 Å². The Bertz CT molecular complexity index is 288. The minimum Gasteiger partial charge on any atom is -0.465 e. The van der Waals surface area contributed by atoms with Crippen molar-refractivity contribution in [2.24, 2.45) is 5.92 Å². The first kappa shape index (κ1) is 25.5. The molecule has 0 bridgehead atoms. The van der Waals surface area contributed by atoms with Crippen LogP contribution in [-0.2, 0) is 9.53 Å². The van der Waals surface area contributed by atoms with Crippen LogP contribution in [0.3, 0.4) is 0 Å². The summed E-state index contributed by atoms with van der Waals surface area (Å²) in [7, 11) is 0. The number of carbonyl (C=O) groups is 1. The summed E-state index contributed by atoms with van der Waals surface area (Å²) in [6.45, 7) is 7.42. The lowest BCUT2D eigenvalue weighted by atomic mass is 9.95. The van der Waals surface area contributed by atoms with Crippen LogP contribution < -0.4 is 0 Å². The predicted molar refractivity (Wildman–Crippen MR) is 115 cm³/mol. The van der Waals surface area contributed by atoms with Gasteiger partial charge in [0, 0.05) is 6.42 Å². The van der Waals surface area contributed by atoms with Gasteiger partial charge in [-0.2, -0.15) is 0 Å². The van der Waals surface area contributed by atoms with E-state index in [1.807, 2.05) is 0 Å². The first-order valence-corrected chi connectivity index (χ1v) is 11.9. The molecule has 0 saturated carbocycles. The molecule has 0 aliphatic heterocycles. The van der Waals surface area contributed by atoms with Crippen LogP contribution in [0.1, 0.15) is 136 Å². The van der Waals surface area contributed by atoms with E-state index in [1.165, 1.54) is 103 Å². The highest BCUT2D eigenvalue weighted by Gasteiger charge is 2.12. The first-order valence-electron chi connectivity index (χ1n) is 11.9. The second-order valence-electron chi connectivity index (χ2n) is 8.12. The molecule has 0 rings (SSSR count). The number of rotatable bonds is 20. The van der Waals surface area contributed by atoms with Gasteiger partial charge in [0.25, 0.3) is 0 Å². The van der Waals surface area contributed by atoms with Crippen molar-refractivity contribution < 1.29 is 9.53 Å². The molecule has 0 saturated heterocycles. The normalized spacial score (nSPS) is 12.3. The van der Waals surface area contributed by atoms with E-state index < -0.39 is 0 Å². The van der Waals surface area contributed by atoms with Crippen molar-refractivity contribution in [1.82, 2.24) is 0 Å². The highest BCUT2D eigenvalue weighted by atomic mass is 16.5. The molecule has 0 spiro atoms. The monoisotopic (exact) mass is 368 g/mol. The Morgan fingerprint density at radius 3 is 1.62 bits per heavy atom. The van der Waals surface area contributed by atoms with Crippen LogP contribution in [0.15, 0.2) is 0 Å². The van der Waals surface area contributed by atoms with Gasteiger partial charge in [-0.1, -0.05) is 111 Å². The Morgan fingerprint density at radius 1 is 0.615 bits per heavy atom. The van der Waals surface area contributed by atoms with E-state index in [-0.39, 0.29) is 5.97 Å². The summed E-state index contributed by atoms with van der Waals surface area (Å²) in [4.78, 5) is 12.0. The van der Waals surface area contributed by atoms with E-state index in [2.05, 4.69) is 20.8 Å². The Balaban J connectivity index is 3.80.